The van der Waals surface area contributed by atoms with Gasteiger partial charge in [0.25, 0.3) is 0 Å². The van der Waals surface area contributed by atoms with Crippen molar-refractivity contribution in [2.24, 2.45) is 0 Å². The van der Waals surface area contributed by atoms with Gasteiger partial charge < -0.3 is 9.47 Å². The highest BCUT2D eigenvalue weighted by Gasteiger charge is 2.19. The Kier molecular flexibility index (Phi) is 6.45. The Morgan fingerprint density at radius 3 is 2.50 bits per heavy atom. The SMILES string of the molecule is CC(=O)c1ccc(C(=O)OCc2ccccc2)c(COc2ccc3c(c2)C(=O)CCC3)c1. The number of hydrogen-bond acceptors (Lipinski definition) is 5. The van der Waals surface area contributed by atoms with Crippen LogP contribution < -0.4 is 4.74 Å². The molecule has 0 saturated carbocycles. The third-order valence-corrected chi connectivity index (χ3v) is 5.57. The molecule has 0 saturated heterocycles. The number of carbonyl (C=O) groups is 3. The van der Waals surface area contributed by atoms with Crippen molar-refractivity contribution >= 4 is 17.5 Å². The maximum atomic E-state index is 12.8. The highest BCUT2D eigenvalue weighted by Crippen LogP contribution is 2.26. The summed E-state index contributed by atoms with van der Waals surface area (Å²) in [6.45, 7) is 1.70. The van der Waals surface area contributed by atoms with Gasteiger partial charge >= 0.3 is 5.97 Å². The van der Waals surface area contributed by atoms with Gasteiger partial charge in [-0.05, 0) is 55.2 Å². The van der Waals surface area contributed by atoms with Gasteiger partial charge in [0.15, 0.2) is 11.6 Å². The molecule has 0 heterocycles. The molecule has 5 heteroatoms. The third-order valence-electron chi connectivity index (χ3n) is 5.57. The molecule has 5 nitrogen and oxygen atoms in total. The molecule has 32 heavy (non-hydrogen) atoms. The number of ether oxygens (including phenoxy) is 2. The topological polar surface area (TPSA) is 69.7 Å². The minimum atomic E-state index is -0.483. The van der Waals surface area contributed by atoms with Crippen LogP contribution in [0.3, 0.4) is 0 Å². The van der Waals surface area contributed by atoms with E-state index < -0.39 is 5.97 Å². The van der Waals surface area contributed by atoms with E-state index >= 15 is 0 Å². The predicted octanol–water partition coefficient (Wildman–Crippen LogP) is 5.34. The zero-order chi connectivity index (χ0) is 22.5. The Balaban J connectivity index is 1.53. The van der Waals surface area contributed by atoms with Gasteiger partial charge in [0.1, 0.15) is 19.0 Å². The second-order valence-electron chi connectivity index (χ2n) is 7.87. The third kappa shape index (κ3) is 4.94. The van der Waals surface area contributed by atoms with Gasteiger partial charge in [-0.25, -0.2) is 4.79 Å². The summed E-state index contributed by atoms with van der Waals surface area (Å²) in [7, 11) is 0. The molecule has 0 unspecified atom stereocenters. The lowest BCUT2D eigenvalue weighted by atomic mass is 9.90. The summed E-state index contributed by atoms with van der Waals surface area (Å²) in [6, 6.07) is 19.8. The molecule has 3 aromatic carbocycles. The molecule has 0 radical (unpaired) electrons. The van der Waals surface area contributed by atoms with Crippen molar-refractivity contribution in [3.63, 3.8) is 0 Å². The fraction of sp³-hybridized carbons (Fsp3) is 0.222. The first kappa shape index (κ1) is 21.5. The maximum Gasteiger partial charge on any atom is 0.338 e. The smallest absolute Gasteiger partial charge is 0.338 e. The van der Waals surface area contributed by atoms with Gasteiger partial charge in [-0.3, -0.25) is 9.59 Å². The van der Waals surface area contributed by atoms with Crippen LogP contribution in [0, 0.1) is 0 Å². The van der Waals surface area contributed by atoms with E-state index in [-0.39, 0.29) is 24.8 Å². The van der Waals surface area contributed by atoms with Crippen LogP contribution in [0.2, 0.25) is 0 Å². The summed E-state index contributed by atoms with van der Waals surface area (Å²) >= 11 is 0. The second-order valence-corrected chi connectivity index (χ2v) is 7.87. The minimum Gasteiger partial charge on any atom is -0.489 e. The zero-order valence-corrected chi connectivity index (χ0v) is 17.9. The maximum absolute atomic E-state index is 12.8. The van der Waals surface area contributed by atoms with Crippen LogP contribution in [0.4, 0.5) is 0 Å². The normalized spacial score (nSPS) is 12.7. The molecule has 0 amide bonds. The van der Waals surface area contributed by atoms with Crippen molar-refractivity contribution in [2.45, 2.75) is 39.4 Å². The van der Waals surface area contributed by atoms with Crippen molar-refractivity contribution in [3.05, 3.63) is 100 Å². The van der Waals surface area contributed by atoms with Crippen LogP contribution in [0.15, 0.2) is 66.7 Å². The van der Waals surface area contributed by atoms with E-state index in [4.69, 9.17) is 9.47 Å². The number of benzene rings is 3. The van der Waals surface area contributed by atoms with Gasteiger partial charge in [-0.2, -0.15) is 0 Å². The Bertz CT molecular complexity index is 1160. The molecule has 0 fully saturated rings. The first-order valence-corrected chi connectivity index (χ1v) is 10.6. The van der Waals surface area contributed by atoms with E-state index in [1.807, 2.05) is 42.5 Å². The molecule has 1 aliphatic rings. The molecule has 3 aromatic rings. The van der Waals surface area contributed by atoms with Crippen LogP contribution >= 0.6 is 0 Å². The monoisotopic (exact) mass is 428 g/mol. The summed E-state index contributed by atoms with van der Waals surface area (Å²) in [4.78, 5) is 36.8. The summed E-state index contributed by atoms with van der Waals surface area (Å²) in [6.07, 6.45) is 2.31. The Morgan fingerprint density at radius 2 is 1.72 bits per heavy atom. The van der Waals surface area contributed by atoms with Crippen LogP contribution in [-0.2, 0) is 24.4 Å². The number of rotatable bonds is 7. The van der Waals surface area contributed by atoms with Crippen LogP contribution in [0.5, 0.6) is 5.75 Å². The Morgan fingerprint density at radius 1 is 0.906 bits per heavy atom. The van der Waals surface area contributed by atoms with Crippen molar-refractivity contribution < 1.29 is 23.9 Å². The number of carbonyl (C=O) groups excluding carboxylic acids is 3. The van der Waals surface area contributed by atoms with E-state index in [2.05, 4.69) is 0 Å². The number of Topliss-reactive ketones (excluding diaryl/α,β-unsaturated/α-hetero) is 2. The molecule has 4 rings (SSSR count). The number of aryl methyl sites for hydroxylation is 1. The van der Waals surface area contributed by atoms with Gasteiger partial charge in [0, 0.05) is 23.1 Å². The van der Waals surface area contributed by atoms with Gasteiger partial charge in [-0.15, -0.1) is 0 Å². The number of fused-ring (bicyclic) bond motifs is 1. The van der Waals surface area contributed by atoms with Crippen LogP contribution in [-0.4, -0.2) is 17.5 Å². The Hall–Kier alpha value is -3.73. The van der Waals surface area contributed by atoms with Crippen molar-refractivity contribution in [2.75, 3.05) is 0 Å². The molecule has 1 aliphatic carbocycles. The lowest BCUT2D eigenvalue weighted by Gasteiger charge is -2.17. The molecular weight excluding hydrogens is 404 g/mol. The van der Waals surface area contributed by atoms with Crippen LogP contribution in [0.25, 0.3) is 0 Å². The highest BCUT2D eigenvalue weighted by atomic mass is 16.5. The van der Waals surface area contributed by atoms with Crippen LogP contribution in [0.1, 0.15) is 67.5 Å². The second kappa shape index (κ2) is 9.60. The fourth-order valence-corrected chi connectivity index (χ4v) is 3.79. The highest BCUT2D eigenvalue weighted by molar-refractivity contribution is 5.99. The summed E-state index contributed by atoms with van der Waals surface area (Å²) in [5, 5.41) is 0. The molecular formula is C27H24O5. The minimum absolute atomic E-state index is 0.0733. The summed E-state index contributed by atoms with van der Waals surface area (Å²) < 4.78 is 11.4. The molecule has 0 spiro atoms. The molecule has 162 valence electrons. The zero-order valence-electron chi connectivity index (χ0n) is 17.9. The molecule has 0 atom stereocenters. The predicted molar refractivity (Wildman–Crippen MR) is 120 cm³/mol. The largest absolute Gasteiger partial charge is 0.489 e. The van der Waals surface area contributed by atoms with Crippen molar-refractivity contribution in [1.29, 1.82) is 0 Å². The molecule has 0 N–H and O–H groups in total. The summed E-state index contributed by atoms with van der Waals surface area (Å²) in [5.41, 5.74) is 4.02. The van der Waals surface area contributed by atoms with Gasteiger partial charge in [-0.1, -0.05) is 42.5 Å². The molecule has 0 bridgehead atoms. The van der Waals surface area contributed by atoms with Gasteiger partial charge in [0.05, 0.1) is 5.56 Å². The van der Waals surface area contributed by atoms with Crippen molar-refractivity contribution in [3.8, 4) is 5.75 Å². The van der Waals surface area contributed by atoms with E-state index in [1.54, 1.807) is 24.3 Å². The number of esters is 1. The van der Waals surface area contributed by atoms with E-state index in [0.717, 1.165) is 24.0 Å². The fourth-order valence-electron chi connectivity index (χ4n) is 3.79. The average molecular weight is 428 g/mol. The van der Waals surface area contributed by atoms with E-state index in [0.29, 0.717) is 34.4 Å². The van der Waals surface area contributed by atoms with E-state index in [1.165, 1.54) is 6.92 Å². The lowest BCUT2D eigenvalue weighted by Crippen LogP contribution is -2.12. The lowest BCUT2D eigenvalue weighted by molar-refractivity contribution is 0.0469. The van der Waals surface area contributed by atoms with E-state index in [9.17, 15) is 14.4 Å². The first-order chi connectivity index (χ1) is 15.5. The average Bonchev–Trinajstić information content (AvgIpc) is 2.82. The first-order valence-electron chi connectivity index (χ1n) is 10.6. The standard InChI is InChI=1S/C27H24O5/c1-18(28)21-11-13-24(27(30)32-16-19-6-3-2-4-7-19)22(14-21)17-31-23-12-10-20-8-5-9-26(29)25(20)15-23/h2-4,6-7,10-15H,5,8-9,16-17H2,1H3. The molecule has 0 aliphatic heterocycles. The molecule has 0 aromatic heterocycles. The quantitative estimate of drug-likeness (QED) is 0.375. The Labute approximate surface area is 187 Å². The number of hydrogen-bond donors (Lipinski definition) is 0. The van der Waals surface area contributed by atoms with Gasteiger partial charge in [0.2, 0.25) is 0 Å². The van der Waals surface area contributed by atoms with Crippen molar-refractivity contribution in [1.82, 2.24) is 0 Å². The number of ketones is 2. The summed E-state index contributed by atoms with van der Waals surface area (Å²) in [5.74, 6) is 0.0919.